The zero-order chi connectivity index (χ0) is 24.8. The molecule has 0 spiro atoms. The minimum Gasteiger partial charge on any atom is -0.444 e. The lowest BCUT2D eigenvalue weighted by molar-refractivity contribution is 0.0214. The summed E-state index contributed by atoms with van der Waals surface area (Å²) in [5, 5.41) is 8.27. The summed E-state index contributed by atoms with van der Waals surface area (Å²) in [6, 6.07) is 9.75. The summed E-state index contributed by atoms with van der Waals surface area (Å²) in [5.41, 5.74) is 2.94. The summed E-state index contributed by atoms with van der Waals surface area (Å²) in [4.78, 5) is 17.8. The van der Waals surface area contributed by atoms with Gasteiger partial charge in [-0.1, -0.05) is 18.2 Å². The van der Waals surface area contributed by atoms with Gasteiger partial charge in [-0.2, -0.15) is 4.39 Å². The number of hydrogen-bond donors (Lipinski definition) is 0. The van der Waals surface area contributed by atoms with Crippen LogP contribution in [0, 0.1) is 5.95 Å². The normalized spacial score (nSPS) is 22.2. The number of halogens is 2. The second-order valence-corrected chi connectivity index (χ2v) is 11.1. The molecule has 35 heavy (non-hydrogen) atoms. The minimum atomic E-state index is -0.603. The lowest BCUT2D eigenvalue weighted by Gasteiger charge is -2.36. The highest BCUT2D eigenvalue weighted by atomic mass is 35.5. The molecule has 184 valence electrons. The van der Waals surface area contributed by atoms with Crippen LogP contribution in [0.25, 0.3) is 5.69 Å². The molecule has 3 aromatic rings. The van der Waals surface area contributed by atoms with Crippen molar-refractivity contribution in [1.82, 2.24) is 24.6 Å². The number of nitrogens with zero attached hydrogens (tertiary/aromatic N) is 5. The van der Waals surface area contributed by atoms with E-state index in [-0.39, 0.29) is 5.92 Å². The zero-order valence-corrected chi connectivity index (χ0v) is 20.9. The van der Waals surface area contributed by atoms with E-state index in [0.29, 0.717) is 24.5 Å². The Morgan fingerprint density at radius 2 is 1.97 bits per heavy atom. The van der Waals surface area contributed by atoms with Crippen LogP contribution in [-0.4, -0.2) is 36.3 Å². The van der Waals surface area contributed by atoms with E-state index in [4.69, 9.17) is 16.3 Å². The molecule has 0 unspecified atom stereocenters. The van der Waals surface area contributed by atoms with Crippen LogP contribution in [0.15, 0.2) is 42.9 Å². The zero-order valence-electron chi connectivity index (χ0n) is 20.2. The van der Waals surface area contributed by atoms with Crippen molar-refractivity contribution >= 4 is 17.7 Å². The van der Waals surface area contributed by atoms with Crippen molar-refractivity contribution in [3.63, 3.8) is 0 Å². The molecule has 2 aromatic heterocycles. The smallest absolute Gasteiger partial charge is 0.411 e. The van der Waals surface area contributed by atoms with Gasteiger partial charge in [-0.3, -0.25) is 9.47 Å². The van der Waals surface area contributed by atoms with Crippen LogP contribution in [0.5, 0.6) is 0 Å². The lowest BCUT2D eigenvalue weighted by Crippen LogP contribution is -2.36. The number of pyridine rings is 1. The standard InChI is InChI=1S/C26H29ClFN5O2/c1-25(2,3)35-24(34)32-14-18-13-19(6-7-21(18)33-16-30-31-22(33)15-32)26(27)10-8-17(9-11-26)20-5-4-12-29-23(20)28/h4-7,12-13,16-17H,8-11,14-15H2,1-3H3. The van der Waals surface area contributed by atoms with E-state index in [1.54, 1.807) is 17.3 Å². The van der Waals surface area contributed by atoms with Crippen LogP contribution in [-0.2, 0) is 22.7 Å². The number of alkyl halides is 1. The Morgan fingerprint density at radius 1 is 1.20 bits per heavy atom. The predicted octanol–water partition coefficient (Wildman–Crippen LogP) is 5.84. The van der Waals surface area contributed by atoms with Gasteiger partial charge in [0, 0.05) is 11.8 Å². The van der Waals surface area contributed by atoms with Gasteiger partial charge in [0.05, 0.1) is 23.7 Å². The molecule has 5 rings (SSSR count). The molecule has 7 nitrogen and oxygen atoms in total. The fourth-order valence-corrected chi connectivity index (χ4v) is 5.40. The van der Waals surface area contributed by atoms with E-state index in [9.17, 15) is 9.18 Å². The summed E-state index contributed by atoms with van der Waals surface area (Å²) in [6.45, 7) is 6.22. The number of ether oxygens (including phenoxy) is 1. The average Bonchev–Trinajstić information content (AvgIpc) is 3.20. The highest BCUT2D eigenvalue weighted by molar-refractivity contribution is 6.24. The van der Waals surface area contributed by atoms with Crippen molar-refractivity contribution in [1.29, 1.82) is 0 Å². The molecule has 1 aliphatic heterocycles. The van der Waals surface area contributed by atoms with Crippen molar-refractivity contribution in [2.45, 2.75) is 75.9 Å². The number of rotatable bonds is 2. The Bertz CT molecular complexity index is 1250. The molecule has 0 atom stereocenters. The molecule has 1 amide bonds. The molecule has 1 fully saturated rings. The molecule has 1 saturated carbocycles. The fraction of sp³-hybridized carbons (Fsp3) is 0.462. The topological polar surface area (TPSA) is 73.1 Å². The molecule has 0 N–H and O–H groups in total. The molecular formula is C26H29ClFN5O2. The first-order chi connectivity index (χ1) is 16.6. The maximum atomic E-state index is 14.2. The van der Waals surface area contributed by atoms with Crippen molar-refractivity contribution in [3.05, 3.63) is 71.3 Å². The predicted molar refractivity (Wildman–Crippen MR) is 130 cm³/mol. The number of carbonyl (C=O) groups is 1. The second kappa shape index (κ2) is 8.90. The Labute approximate surface area is 209 Å². The highest BCUT2D eigenvalue weighted by Crippen LogP contribution is 2.48. The fourth-order valence-electron chi connectivity index (χ4n) is 5.06. The molecule has 0 saturated heterocycles. The second-order valence-electron chi connectivity index (χ2n) is 10.4. The monoisotopic (exact) mass is 497 g/mol. The molecule has 0 bridgehead atoms. The van der Waals surface area contributed by atoms with Crippen LogP contribution in [0.4, 0.5) is 9.18 Å². The summed E-state index contributed by atoms with van der Waals surface area (Å²) in [7, 11) is 0. The third-order valence-corrected chi connectivity index (χ3v) is 7.42. The lowest BCUT2D eigenvalue weighted by atomic mass is 9.75. The van der Waals surface area contributed by atoms with Crippen LogP contribution >= 0.6 is 11.6 Å². The van der Waals surface area contributed by atoms with Crippen LogP contribution in [0.1, 0.15) is 74.9 Å². The van der Waals surface area contributed by atoms with Gasteiger partial charge in [-0.25, -0.2) is 9.78 Å². The van der Waals surface area contributed by atoms with E-state index in [1.807, 2.05) is 43.5 Å². The van der Waals surface area contributed by atoms with Crippen molar-refractivity contribution < 1.29 is 13.9 Å². The first-order valence-corrected chi connectivity index (χ1v) is 12.3. The first-order valence-electron chi connectivity index (χ1n) is 11.9. The number of aromatic nitrogens is 4. The van der Waals surface area contributed by atoms with E-state index in [1.165, 1.54) is 6.20 Å². The first kappa shape index (κ1) is 23.7. The van der Waals surface area contributed by atoms with Gasteiger partial charge in [0.1, 0.15) is 11.9 Å². The highest BCUT2D eigenvalue weighted by Gasteiger charge is 2.37. The third-order valence-electron chi connectivity index (χ3n) is 6.83. The number of fused-ring (bicyclic) bond motifs is 3. The molecule has 9 heteroatoms. The Hall–Kier alpha value is -3.00. The quantitative estimate of drug-likeness (QED) is 0.328. The van der Waals surface area contributed by atoms with Crippen molar-refractivity contribution in [2.24, 2.45) is 0 Å². The molecule has 1 aliphatic carbocycles. The molecule has 2 aliphatic rings. The summed E-state index contributed by atoms with van der Waals surface area (Å²) in [5.74, 6) is 0.386. The average molecular weight is 498 g/mol. The SMILES string of the molecule is CC(C)(C)OC(=O)N1Cc2cc(C3(Cl)CCC(c4cccnc4F)CC3)ccc2-n2cnnc2C1. The number of amides is 1. The number of benzene rings is 1. The Kier molecular flexibility index (Phi) is 6.03. The summed E-state index contributed by atoms with van der Waals surface area (Å²) >= 11 is 7.20. The third kappa shape index (κ3) is 4.76. The van der Waals surface area contributed by atoms with Crippen LogP contribution in [0.2, 0.25) is 0 Å². The van der Waals surface area contributed by atoms with Gasteiger partial charge in [0.25, 0.3) is 0 Å². The van der Waals surface area contributed by atoms with Crippen molar-refractivity contribution in [2.75, 3.05) is 0 Å². The number of carbonyl (C=O) groups excluding carboxylic acids is 1. The maximum Gasteiger partial charge on any atom is 0.411 e. The summed E-state index contributed by atoms with van der Waals surface area (Å²) < 4.78 is 21.8. The van der Waals surface area contributed by atoms with E-state index in [0.717, 1.165) is 42.5 Å². The van der Waals surface area contributed by atoms with Gasteiger partial charge in [0.2, 0.25) is 5.95 Å². The van der Waals surface area contributed by atoms with Crippen molar-refractivity contribution in [3.8, 4) is 5.69 Å². The van der Waals surface area contributed by atoms with Gasteiger partial charge in [-0.15, -0.1) is 21.8 Å². The van der Waals surface area contributed by atoms with E-state index in [2.05, 4.69) is 21.2 Å². The largest absolute Gasteiger partial charge is 0.444 e. The van der Waals surface area contributed by atoms with Gasteiger partial charge >= 0.3 is 6.09 Å². The molecule has 1 aromatic carbocycles. The summed E-state index contributed by atoms with van der Waals surface area (Å²) in [6.07, 6.45) is 5.75. The Balaban J connectivity index is 1.42. The van der Waals surface area contributed by atoms with Gasteiger partial charge in [-0.05, 0) is 75.6 Å². The minimum absolute atomic E-state index is 0.110. The van der Waals surface area contributed by atoms with E-state index >= 15 is 0 Å². The molecular weight excluding hydrogens is 469 g/mol. The van der Waals surface area contributed by atoms with Crippen LogP contribution in [0.3, 0.4) is 0 Å². The molecule has 3 heterocycles. The van der Waals surface area contributed by atoms with Gasteiger partial charge < -0.3 is 4.74 Å². The van der Waals surface area contributed by atoms with Crippen LogP contribution < -0.4 is 0 Å². The van der Waals surface area contributed by atoms with Gasteiger partial charge in [0.15, 0.2) is 5.82 Å². The molecule has 0 radical (unpaired) electrons. The van der Waals surface area contributed by atoms with E-state index < -0.39 is 22.5 Å². The number of hydrogen-bond acceptors (Lipinski definition) is 5. The maximum absolute atomic E-state index is 14.2. The Morgan fingerprint density at radius 3 is 2.69 bits per heavy atom.